The van der Waals surface area contributed by atoms with Crippen molar-refractivity contribution >= 4 is 64.3 Å². The molecular weight excluding hydrogens is 560 g/mol. The summed E-state index contributed by atoms with van der Waals surface area (Å²) in [6.07, 6.45) is 0. The van der Waals surface area contributed by atoms with Gasteiger partial charge in [-0.2, -0.15) is 0 Å². The molecule has 0 unspecified atom stereocenters. The van der Waals surface area contributed by atoms with Gasteiger partial charge in [0.25, 0.3) is 20.0 Å². The number of fused-ring (bicyclic) bond motifs is 2. The van der Waals surface area contributed by atoms with Gasteiger partial charge in [-0.1, -0.05) is 24.3 Å². The van der Waals surface area contributed by atoms with E-state index in [1.165, 1.54) is 84.9 Å². The Hall–Kier alpha value is -4.92. The predicted octanol–water partition coefficient (Wildman–Crippen LogP) is 5.20. The molecule has 0 saturated carbocycles. The van der Waals surface area contributed by atoms with Crippen LogP contribution >= 0.6 is 0 Å². The molecule has 12 nitrogen and oxygen atoms in total. The van der Waals surface area contributed by atoms with Crippen LogP contribution in [0.5, 0.6) is 11.5 Å². The minimum atomic E-state index is -4.20. The molecule has 0 saturated heterocycles. The minimum Gasteiger partial charge on any atom is -0.508 e. The van der Waals surface area contributed by atoms with Crippen molar-refractivity contribution in [2.45, 2.75) is 9.79 Å². The first kappa shape index (κ1) is 26.7. The number of phenols is 2. The van der Waals surface area contributed by atoms with Gasteiger partial charge in [-0.25, -0.2) is 16.8 Å². The third-order valence-electron chi connectivity index (χ3n) is 6.05. The largest absolute Gasteiger partial charge is 0.508 e. The lowest BCUT2D eigenvalue weighted by molar-refractivity contribution is 0.390. The lowest BCUT2D eigenvalue weighted by atomic mass is 9.99. The molecule has 6 N–H and O–H groups in total. The Labute approximate surface area is 227 Å². The van der Waals surface area contributed by atoms with Crippen molar-refractivity contribution in [1.29, 1.82) is 0 Å². The van der Waals surface area contributed by atoms with E-state index >= 15 is 0 Å². The molecule has 0 radical (unpaired) electrons. The molecule has 5 aromatic carbocycles. The topological polar surface area (TPSA) is 194 Å². The first-order valence-corrected chi connectivity index (χ1v) is 14.4. The van der Waals surface area contributed by atoms with E-state index < -0.39 is 20.0 Å². The van der Waals surface area contributed by atoms with Crippen molar-refractivity contribution in [2.24, 2.45) is 5.18 Å². The van der Waals surface area contributed by atoms with Crippen LogP contribution in [0.4, 0.5) is 22.7 Å². The molecule has 5 aromatic rings. The Balaban J connectivity index is 1.67. The highest BCUT2D eigenvalue weighted by atomic mass is 32.2. The molecule has 0 aliphatic rings. The van der Waals surface area contributed by atoms with Crippen LogP contribution in [-0.2, 0) is 20.0 Å². The summed E-state index contributed by atoms with van der Waals surface area (Å²) in [5, 5.41) is 32.9. The highest BCUT2D eigenvalue weighted by Crippen LogP contribution is 2.43. The van der Waals surface area contributed by atoms with E-state index in [4.69, 9.17) is 0 Å². The molecule has 40 heavy (non-hydrogen) atoms. The lowest BCUT2D eigenvalue weighted by Crippen LogP contribution is -2.13. The number of phenolic OH excluding ortho intramolecular Hbond substituents is 2. The Bertz CT molecular complexity index is 1890. The fourth-order valence-corrected chi connectivity index (χ4v) is 6.44. The molecule has 0 aliphatic heterocycles. The van der Waals surface area contributed by atoms with Crippen molar-refractivity contribution in [1.82, 2.24) is 0 Å². The Morgan fingerprint density at radius 3 is 1.43 bits per heavy atom. The highest BCUT2D eigenvalue weighted by Gasteiger charge is 2.22. The van der Waals surface area contributed by atoms with Gasteiger partial charge in [-0.3, -0.25) is 20.1 Å². The Morgan fingerprint density at radius 2 is 1.05 bits per heavy atom. The fourth-order valence-electron chi connectivity index (χ4n) is 4.28. The van der Waals surface area contributed by atoms with Crippen molar-refractivity contribution in [3.05, 3.63) is 89.8 Å². The molecule has 0 atom stereocenters. The van der Waals surface area contributed by atoms with Gasteiger partial charge in [0.2, 0.25) is 0 Å². The summed E-state index contributed by atoms with van der Waals surface area (Å²) >= 11 is 0. The van der Waals surface area contributed by atoms with Gasteiger partial charge >= 0.3 is 0 Å². The minimum absolute atomic E-state index is 0.0216. The maximum Gasteiger partial charge on any atom is 0.261 e. The van der Waals surface area contributed by atoms with Crippen LogP contribution in [0.25, 0.3) is 21.5 Å². The standard InChI is InChI=1S/C26H20N4O8S2/c31-17-5-1-3-15(11-17)29-39(35,36)19-7-9-21-23(13-19)26(28-34)24-14-20(8-10-22(24)25(21)27-33)40(37,38)30-16-4-2-6-18(32)12-16/h1-14,27,29-33H. The molecule has 5 rings (SSSR count). The quantitative estimate of drug-likeness (QED) is 0.0812. The highest BCUT2D eigenvalue weighted by molar-refractivity contribution is 7.93. The summed E-state index contributed by atoms with van der Waals surface area (Å²) in [4.78, 5) is 11.6. The van der Waals surface area contributed by atoms with Crippen LogP contribution < -0.4 is 14.9 Å². The molecular formula is C26H20N4O8S2. The number of anilines is 3. The van der Waals surface area contributed by atoms with Crippen molar-refractivity contribution in [3.8, 4) is 11.5 Å². The van der Waals surface area contributed by atoms with Crippen molar-refractivity contribution in [3.63, 3.8) is 0 Å². The number of benzene rings is 5. The summed E-state index contributed by atoms with van der Waals surface area (Å²) < 4.78 is 57.0. The van der Waals surface area contributed by atoms with E-state index in [1.807, 2.05) is 5.48 Å². The average molecular weight is 581 g/mol. The number of nitroso groups, excluding NO2 is 1. The van der Waals surface area contributed by atoms with E-state index in [1.54, 1.807) is 0 Å². The Kier molecular flexibility index (Phi) is 6.67. The smallest absolute Gasteiger partial charge is 0.261 e. The van der Waals surface area contributed by atoms with Crippen LogP contribution in [0.15, 0.2) is 99.9 Å². The summed E-state index contributed by atoms with van der Waals surface area (Å²) in [6, 6.07) is 18.5. The molecule has 0 aromatic heterocycles. The monoisotopic (exact) mass is 580 g/mol. The number of nitrogens with zero attached hydrogens (tertiary/aromatic N) is 1. The first-order valence-electron chi connectivity index (χ1n) is 11.4. The van der Waals surface area contributed by atoms with Crippen LogP contribution in [-0.4, -0.2) is 32.3 Å². The molecule has 0 fully saturated rings. The predicted molar refractivity (Wildman–Crippen MR) is 150 cm³/mol. The van der Waals surface area contributed by atoms with Crippen LogP contribution in [0, 0.1) is 4.91 Å². The number of sulfonamides is 2. The zero-order valence-corrected chi connectivity index (χ0v) is 21.9. The zero-order chi connectivity index (χ0) is 28.7. The molecule has 0 heterocycles. The molecule has 0 aliphatic carbocycles. The summed E-state index contributed by atoms with van der Waals surface area (Å²) in [6.45, 7) is 0. The molecule has 0 amide bonds. The molecule has 0 spiro atoms. The number of aromatic hydroxyl groups is 2. The fraction of sp³-hybridized carbons (Fsp3) is 0. The van der Waals surface area contributed by atoms with Crippen molar-refractivity contribution < 1.29 is 32.3 Å². The first-order chi connectivity index (χ1) is 19.0. The van der Waals surface area contributed by atoms with Crippen molar-refractivity contribution in [2.75, 3.05) is 14.9 Å². The SMILES string of the molecule is O=Nc1c2cc(S(=O)(=O)Nc3cccc(O)c3)ccc2c(NO)c2ccc(S(=O)(=O)Nc3cccc(O)c3)cc12. The summed E-state index contributed by atoms with van der Waals surface area (Å²) in [5.41, 5.74) is 2.07. The third-order valence-corrected chi connectivity index (χ3v) is 8.81. The summed E-state index contributed by atoms with van der Waals surface area (Å²) in [5.74, 6) is -0.304. The average Bonchev–Trinajstić information content (AvgIpc) is 2.90. The van der Waals surface area contributed by atoms with E-state index in [9.17, 15) is 37.2 Å². The zero-order valence-electron chi connectivity index (χ0n) is 20.2. The van der Waals surface area contributed by atoms with Gasteiger partial charge in [0.05, 0.1) is 26.9 Å². The van der Waals surface area contributed by atoms with Crippen LogP contribution in [0.3, 0.4) is 0 Å². The second kappa shape index (κ2) is 10.00. The number of nitrogens with one attached hydrogen (secondary N) is 3. The van der Waals surface area contributed by atoms with Gasteiger partial charge in [0.15, 0.2) is 0 Å². The van der Waals surface area contributed by atoms with Gasteiger partial charge in [0, 0.05) is 33.7 Å². The molecule has 0 bridgehead atoms. The Morgan fingerprint density at radius 1 is 0.600 bits per heavy atom. The number of rotatable bonds is 8. The van der Waals surface area contributed by atoms with E-state index in [0.717, 1.165) is 0 Å². The van der Waals surface area contributed by atoms with Crippen LogP contribution in [0.1, 0.15) is 0 Å². The van der Waals surface area contributed by atoms with E-state index in [0.29, 0.717) is 0 Å². The second-order valence-electron chi connectivity index (χ2n) is 8.65. The number of hydrogen-bond donors (Lipinski definition) is 6. The summed E-state index contributed by atoms with van der Waals surface area (Å²) in [7, 11) is -8.41. The van der Waals surface area contributed by atoms with Gasteiger partial charge < -0.3 is 10.2 Å². The van der Waals surface area contributed by atoms with Gasteiger partial charge in [0.1, 0.15) is 17.2 Å². The maximum absolute atomic E-state index is 13.1. The van der Waals surface area contributed by atoms with Gasteiger partial charge in [-0.15, -0.1) is 4.91 Å². The number of hydrogen-bond acceptors (Lipinski definition) is 10. The lowest BCUT2D eigenvalue weighted by Gasteiger charge is -2.15. The third kappa shape index (κ3) is 4.93. The normalized spacial score (nSPS) is 11.8. The molecule has 14 heteroatoms. The second-order valence-corrected chi connectivity index (χ2v) is 12.0. The van der Waals surface area contributed by atoms with E-state index in [2.05, 4.69) is 14.6 Å². The molecule has 204 valence electrons. The van der Waals surface area contributed by atoms with Crippen LogP contribution in [0.2, 0.25) is 0 Å². The van der Waals surface area contributed by atoms with E-state index in [-0.39, 0.29) is 65.6 Å². The maximum atomic E-state index is 13.1. The van der Waals surface area contributed by atoms with Gasteiger partial charge in [-0.05, 0) is 53.7 Å².